The van der Waals surface area contributed by atoms with Crippen molar-refractivity contribution in [3.63, 3.8) is 0 Å². The van der Waals surface area contributed by atoms with Crippen LogP contribution in [0.3, 0.4) is 0 Å². The summed E-state index contributed by atoms with van der Waals surface area (Å²) in [4.78, 5) is 17.1. The minimum Gasteiger partial charge on any atom is -0.303 e. The van der Waals surface area contributed by atoms with Crippen LogP contribution in [0.15, 0.2) is 0 Å². The van der Waals surface area contributed by atoms with Crippen LogP contribution in [0.4, 0.5) is 0 Å². The molecule has 0 aromatic rings. The molecular formula is C17H30N2O. The maximum atomic E-state index is 11.8. The average molecular weight is 278 g/mol. The second kappa shape index (κ2) is 6.57. The van der Waals surface area contributed by atoms with Gasteiger partial charge in [-0.05, 0) is 51.7 Å². The van der Waals surface area contributed by atoms with E-state index in [1.165, 1.54) is 77.4 Å². The Kier molecular flexibility index (Phi) is 4.77. The molecule has 1 aliphatic carbocycles. The highest BCUT2D eigenvalue weighted by molar-refractivity contribution is 5.59. The topological polar surface area (TPSA) is 23.6 Å². The number of rotatable bonds is 3. The van der Waals surface area contributed by atoms with Gasteiger partial charge in [0.2, 0.25) is 0 Å². The number of hydrogen-bond donors (Lipinski definition) is 0. The largest absolute Gasteiger partial charge is 0.303 e. The summed E-state index contributed by atoms with van der Waals surface area (Å²) in [7, 11) is 0. The first-order valence-electron chi connectivity index (χ1n) is 8.74. The highest BCUT2D eigenvalue weighted by Crippen LogP contribution is 2.35. The van der Waals surface area contributed by atoms with E-state index in [4.69, 9.17) is 0 Å². The van der Waals surface area contributed by atoms with Crippen LogP contribution in [0, 0.1) is 5.41 Å². The second-order valence-electron chi connectivity index (χ2n) is 7.32. The Hall–Kier alpha value is -0.410. The van der Waals surface area contributed by atoms with Crippen molar-refractivity contribution in [1.29, 1.82) is 0 Å². The molecule has 1 atom stereocenters. The van der Waals surface area contributed by atoms with Crippen LogP contribution in [-0.4, -0.2) is 54.9 Å². The summed E-state index contributed by atoms with van der Waals surface area (Å²) in [5.74, 6) is 0. The fraction of sp³-hybridized carbons (Fsp3) is 0.941. The first kappa shape index (κ1) is 14.5. The zero-order chi connectivity index (χ0) is 13.8. The molecule has 0 radical (unpaired) electrons. The zero-order valence-electron chi connectivity index (χ0n) is 12.9. The smallest absolute Gasteiger partial charge is 0.127 e. The molecule has 3 heteroatoms. The number of fused-ring (bicyclic) bond motifs is 1. The number of aldehydes is 1. The minimum absolute atomic E-state index is 0.0235. The van der Waals surface area contributed by atoms with Crippen molar-refractivity contribution in [2.45, 2.75) is 63.8 Å². The van der Waals surface area contributed by atoms with Gasteiger partial charge in [0.05, 0.1) is 0 Å². The second-order valence-corrected chi connectivity index (χ2v) is 7.32. The predicted molar refractivity (Wildman–Crippen MR) is 81.9 cm³/mol. The Morgan fingerprint density at radius 1 is 0.950 bits per heavy atom. The molecule has 114 valence electrons. The molecule has 0 bridgehead atoms. The molecule has 0 amide bonds. The van der Waals surface area contributed by atoms with Crippen LogP contribution in [0.25, 0.3) is 0 Å². The van der Waals surface area contributed by atoms with Crippen molar-refractivity contribution in [2.75, 3.05) is 32.7 Å². The fourth-order valence-corrected chi connectivity index (χ4v) is 4.62. The number of nitrogens with zero attached hydrogens (tertiary/aromatic N) is 2. The fourth-order valence-electron chi connectivity index (χ4n) is 4.62. The van der Waals surface area contributed by atoms with Crippen LogP contribution in [0.5, 0.6) is 0 Å². The van der Waals surface area contributed by atoms with Crippen molar-refractivity contribution < 1.29 is 4.79 Å². The third-order valence-corrected chi connectivity index (χ3v) is 5.78. The van der Waals surface area contributed by atoms with Gasteiger partial charge in [-0.1, -0.05) is 25.7 Å². The lowest BCUT2D eigenvalue weighted by Gasteiger charge is -2.34. The molecule has 0 spiro atoms. The zero-order valence-corrected chi connectivity index (χ0v) is 12.9. The SMILES string of the molecule is O=CC1(CN2CCCN3CCCC3C2)CCCCCC1. The Labute approximate surface area is 123 Å². The van der Waals surface area contributed by atoms with Gasteiger partial charge in [-0.25, -0.2) is 0 Å². The van der Waals surface area contributed by atoms with E-state index < -0.39 is 0 Å². The molecule has 0 aromatic carbocycles. The van der Waals surface area contributed by atoms with E-state index >= 15 is 0 Å². The molecule has 0 N–H and O–H groups in total. The number of carbonyl (C=O) groups excluding carboxylic acids is 1. The molecule has 1 unspecified atom stereocenters. The number of carbonyl (C=O) groups is 1. The van der Waals surface area contributed by atoms with Crippen LogP contribution < -0.4 is 0 Å². The number of hydrogen-bond acceptors (Lipinski definition) is 3. The van der Waals surface area contributed by atoms with Crippen molar-refractivity contribution in [1.82, 2.24) is 9.80 Å². The van der Waals surface area contributed by atoms with Crippen LogP contribution in [-0.2, 0) is 4.79 Å². The lowest BCUT2D eigenvalue weighted by atomic mass is 9.81. The summed E-state index contributed by atoms with van der Waals surface area (Å²) in [6, 6.07) is 0.770. The molecule has 20 heavy (non-hydrogen) atoms. The molecule has 3 aliphatic rings. The van der Waals surface area contributed by atoms with Gasteiger partial charge in [0, 0.05) is 24.5 Å². The highest BCUT2D eigenvalue weighted by atomic mass is 16.1. The van der Waals surface area contributed by atoms with Gasteiger partial charge in [-0.3, -0.25) is 4.90 Å². The van der Waals surface area contributed by atoms with E-state index in [2.05, 4.69) is 9.80 Å². The molecule has 1 saturated carbocycles. The van der Waals surface area contributed by atoms with Gasteiger partial charge in [-0.2, -0.15) is 0 Å². The molecule has 2 aliphatic heterocycles. The Morgan fingerprint density at radius 2 is 1.70 bits per heavy atom. The molecule has 3 rings (SSSR count). The molecule has 3 nitrogen and oxygen atoms in total. The molecule has 3 fully saturated rings. The quantitative estimate of drug-likeness (QED) is 0.586. The Balaban J connectivity index is 1.63. The van der Waals surface area contributed by atoms with E-state index in [9.17, 15) is 4.79 Å². The first-order valence-corrected chi connectivity index (χ1v) is 8.74. The summed E-state index contributed by atoms with van der Waals surface area (Å²) in [6.07, 6.45) is 12.7. The maximum Gasteiger partial charge on any atom is 0.127 e. The van der Waals surface area contributed by atoms with E-state index in [-0.39, 0.29) is 5.41 Å². The monoisotopic (exact) mass is 278 g/mol. The average Bonchev–Trinajstić information content (AvgIpc) is 2.67. The van der Waals surface area contributed by atoms with Gasteiger partial charge in [0.1, 0.15) is 6.29 Å². The summed E-state index contributed by atoms with van der Waals surface area (Å²) >= 11 is 0. The third kappa shape index (κ3) is 3.25. The normalized spacial score (nSPS) is 32.3. The van der Waals surface area contributed by atoms with E-state index in [1.54, 1.807) is 0 Å². The third-order valence-electron chi connectivity index (χ3n) is 5.78. The predicted octanol–water partition coefficient (Wildman–Crippen LogP) is 2.70. The molecule has 2 heterocycles. The summed E-state index contributed by atoms with van der Waals surface area (Å²) < 4.78 is 0. The van der Waals surface area contributed by atoms with Gasteiger partial charge in [-0.15, -0.1) is 0 Å². The molecule has 2 saturated heterocycles. The lowest BCUT2D eigenvalue weighted by molar-refractivity contribution is -0.118. The van der Waals surface area contributed by atoms with Gasteiger partial charge < -0.3 is 9.69 Å². The standard InChI is InChI=1S/C17H30N2O/c20-15-17(8-3-1-2-4-9-17)14-18-10-6-12-19-11-5-7-16(19)13-18/h15-16H,1-14H2. The molecular weight excluding hydrogens is 248 g/mol. The summed E-state index contributed by atoms with van der Waals surface area (Å²) in [5.41, 5.74) is -0.0235. The van der Waals surface area contributed by atoms with E-state index in [0.29, 0.717) is 0 Å². The van der Waals surface area contributed by atoms with Crippen molar-refractivity contribution >= 4 is 6.29 Å². The minimum atomic E-state index is -0.0235. The first-order chi connectivity index (χ1) is 9.81. The highest BCUT2D eigenvalue weighted by Gasteiger charge is 2.35. The van der Waals surface area contributed by atoms with Crippen molar-refractivity contribution in [3.8, 4) is 0 Å². The van der Waals surface area contributed by atoms with Crippen molar-refractivity contribution in [3.05, 3.63) is 0 Å². The van der Waals surface area contributed by atoms with Crippen LogP contribution in [0.2, 0.25) is 0 Å². The van der Waals surface area contributed by atoms with E-state index in [1.807, 2.05) is 0 Å². The van der Waals surface area contributed by atoms with Crippen LogP contribution >= 0.6 is 0 Å². The lowest BCUT2D eigenvalue weighted by Crippen LogP contribution is -2.43. The summed E-state index contributed by atoms with van der Waals surface area (Å²) in [5, 5.41) is 0. The van der Waals surface area contributed by atoms with Gasteiger partial charge in [0.15, 0.2) is 0 Å². The molecule has 0 aromatic heterocycles. The Bertz CT molecular complexity index is 323. The van der Waals surface area contributed by atoms with Gasteiger partial charge >= 0.3 is 0 Å². The van der Waals surface area contributed by atoms with Crippen molar-refractivity contribution in [2.24, 2.45) is 5.41 Å². The summed E-state index contributed by atoms with van der Waals surface area (Å²) in [6.45, 7) is 6.01. The maximum absolute atomic E-state index is 11.8. The van der Waals surface area contributed by atoms with E-state index in [0.717, 1.165) is 25.4 Å². The van der Waals surface area contributed by atoms with Crippen LogP contribution in [0.1, 0.15) is 57.8 Å². The van der Waals surface area contributed by atoms with Gasteiger partial charge in [0.25, 0.3) is 0 Å². The Morgan fingerprint density at radius 3 is 2.45 bits per heavy atom.